The number of aromatic amines is 1. The Morgan fingerprint density at radius 1 is 1.33 bits per heavy atom. The highest BCUT2D eigenvalue weighted by atomic mass is 19.1. The first-order chi connectivity index (χ1) is 11.4. The Morgan fingerprint density at radius 3 is 2.79 bits per heavy atom. The summed E-state index contributed by atoms with van der Waals surface area (Å²) in [7, 11) is 0. The lowest BCUT2D eigenvalue weighted by Crippen LogP contribution is -2.21. The molecule has 0 bridgehead atoms. The zero-order valence-corrected chi connectivity index (χ0v) is 13.5. The van der Waals surface area contributed by atoms with Crippen molar-refractivity contribution in [3.05, 3.63) is 41.0 Å². The molecule has 0 radical (unpaired) electrons. The van der Waals surface area contributed by atoms with Crippen molar-refractivity contribution in [1.29, 1.82) is 0 Å². The SMILES string of the molecule is Cc1cc(-c2nnn(CC(=O)Nc3c(C)n[nH]c3C)n2)ccc1F. The number of nitrogens with zero attached hydrogens (tertiary/aromatic N) is 5. The molecule has 0 aliphatic heterocycles. The molecule has 0 unspecified atom stereocenters. The molecule has 3 rings (SSSR count). The molecule has 3 aromatic rings. The van der Waals surface area contributed by atoms with Gasteiger partial charge >= 0.3 is 0 Å². The molecule has 2 heterocycles. The van der Waals surface area contributed by atoms with Crippen molar-refractivity contribution in [3.63, 3.8) is 0 Å². The Hall–Kier alpha value is -3.10. The van der Waals surface area contributed by atoms with Gasteiger partial charge in [-0.05, 0) is 49.7 Å². The molecular formula is C15H16FN7O. The minimum absolute atomic E-state index is 0.0861. The first kappa shape index (κ1) is 15.8. The molecule has 2 N–H and O–H groups in total. The maximum Gasteiger partial charge on any atom is 0.248 e. The average Bonchev–Trinajstić information content (AvgIpc) is 3.12. The van der Waals surface area contributed by atoms with Gasteiger partial charge in [0.2, 0.25) is 11.7 Å². The number of tetrazole rings is 1. The van der Waals surface area contributed by atoms with Gasteiger partial charge in [0.05, 0.1) is 17.1 Å². The van der Waals surface area contributed by atoms with Gasteiger partial charge in [0.15, 0.2) is 0 Å². The fraction of sp³-hybridized carbons (Fsp3) is 0.267. The summed E-state index contributed by atoms with van der Waals surface area (Å²) in [5.74, 6) is -0.250. The molecule has 9 heteroatoms. The maximum absolute atomic E-state index is 13.3. The summed E-state index contributed by atoms with van der Waals surface area (Å²) in [5.41, 5.74) is 3.26. The summed E-state index contributed by atoms with van der Waals surface area (Å²) in [4.78, 5) is 13.3. The van der Waals surface area contributed by atoms with E-state index in [4.69, 9.17) is 0 Å². The summed E-state index contributed by atoms with van der Waals surface area (Å²) in [5, 5.41) is 21.5. The van der Waals surface area contributed by atoms with Crippen molar-refractivity contribution in [2.75, 3.05) is 5.32 Å². The fourth-order valence-corrected chi connectivity index (χ4v) is 2.25. The van der Waals surface area contributed by atoms with E-state index in [1.165, 1.54) is 10.9 Å². The minimum atomic E-state index is -0.295. The smallest absolute Gasteiger partial charge is 0.248 e. The van der Waals surface area contributed by atoms with E-state index in [1.807, 2.05) is 6.92 Å². The van der Waals surface area contributed by atoms with Gasteiger partial charge in [-0.15, -0.1) is 10.2 Å². The van der Waals surface area contributed by atoms with Crippen LogP contribution in [-0.2, 0) is 11.3 Å². The van der Waals surface area contributed by atoms with Crippen LogP contribution in [0.3, 0.4) is 0 Å². The van der Waals surface area contributed by atoms with Gasteiger partial charge in [-0.25, -0.2) is 4.39 Å². The number of hydrogen-bond acceptors (Lipinski definition) is 5. The Bertz CT molecular complexity index is 880. The van der Waals surface area contributed by atoms with E-state index in [-0.39, 0.29) is 18.3 Å². The number of nitrogens with one attached hydrogen (secondary N) is 2. The van der Waals surface area contributed by atoms with Gasteiger partial charge in [0.1, 0.15) is 12.4 Å². The van der Waals surface area contributed by atoms with Crippen molar-refractivity contribution in [1.82, 2.24) is 30.4 Å². The van der Waals surface area contributed by atoms with E-state index in [9.17, 15) is 9.18 Å². The Labute approximate surface area is 137 Å². The predicted molar refractivity (Wildman–Crippen MR) is 84.6 cm³/mol. The largest absolute Gasteiger partial charge is 0.321 e. The molecule has 24 heavy (non-hydrogen) atoms. The fourth-order valence-electron chi connectivity index (χ4n) is 2.25. The van der Waals surface area contributed by atoms with E-state index in [0.29, 0.717) is 28.3 Å². The molecule has 0 spiro atoms. The number of benzene rings is 1. The summed E-state index contributed by atoms with van der Waals surface area (Å²) in [6.07, 6.45) is 0. The van der Waals surface area contributed by atoms with Crippen molar-refractivity contribution in [2.24, 2.45) is 0 Å². The Kier molecular flexibility index (Phi) is 4.07. The van der Waals surface area contributed by atoms with Crippen LogP contribution in [0.4, 0.5) is 10.1 Å². The molecular weight excluding hydrogens is 313 g/mol. The number of hydrogen-bond donors (Lipinski definition) is 2. The number of amides is 1. The van der Waals surface area contributed by atoms with Gasteiger partial charge < -0.3 is 5.32 Å². The van der Waals surface area contributed by atoms with E-state index in [0.717, 1.165) is 5.69 Å². The van der Waals surface area contributed by atoms with Crippen LogP contribution in [-0.4, -0.2) is 36.3 Å². The molecule has 2 aromatic heterocycles. The molecule has 0 atom stereocenters. The van der Waals surface area contributed by atoms with Crippen LogP contribution in [0.15, 0.2) is 18.2 Å². The molecule has 0 aliphatic rings. The van der Waals surface area contributed by atoms with Crippen LogP contribution in [0.1, 0.15) is 17.0 Å². The number of carbonyl (C=O) groups excluding carboxylic acids is 1. The van der Waals surface area contributed by atoms with Crippen LogP contribution < -0.4 is 5.32 Å². The van der Waals surface area contributed by atoms with Gasteiger partial charge in [0.25, 0.3) is 0 Å². The topological polar surface area (TPSA) is 101 Å². The molecule has 0 saturated heterocycles. The van der Waals surface area contributed by atoms with Crippen molar-refractivity contribution in [3.8, 4) is 11.4 Å². The molecule has 0 fully saturated rings. The summed E-state index contributed by atoms with van der Waals surface area (Å²) >= 11 is 0. The quantitative estimate of drug-likeness (QED) is 0.759. The number of rotatable bonds is 4. The van der Waals surface area contributed by atoms with Gasteiger partial charge in [0, 0.05) is 5.56 Å². The van der Waals surface area contributed by atoms with Gasteiger partial charge in [-0.3, -0.25) is 9.89 Å². The number of carbonyl (C=O) groups is 1. The maximum atomic E-state index is 13.3. The molecule has 0 saturated carbocycles. The third kappa shape index (κ3) is 3.14. The minimum Gasteiger partial charge on any atom is -0.321 e. The van der Waals surface area contributed by atoms with E-state index >= 15 is 0 Å². The molecule has 124 valence electrons. The van der Waals surface area contributed by atoms with Crippen molar-refractivity contribution < 1.29 is 9.18 Å². The third-order valence-corrected chi connectivity index (χ3v) is 3.55. The Morgan fingerprint density at radius 2 is 2.12 bits per heavy atom. The van der Waals surface area contributed by atoms with Gasteiger partial charge in [-0.1, -0.05) is 0 Å². The predicted octanol–water partition coefficient (Wildman–Crippen LogP) is 1.77. The summed E-state index contributed by atoms with van der Waals surface area (Å²) < 4.78 is 13.3. The zero-order chi connectivity index (χ0) is 17.3. The first-order valence-corrected chi connectivity index (χ1v) is 7.30. The molecule has 1 amide bonds. The monoisotopic (exact) mass is 329 g/mol. The second kappa shape index (κ2) is 6.19. The second-order valence-electron chi connectivity index (χ2n) is 5.46. The molecule has 0 aliphatic carbocycles. The standard InChI is InChI=1S/C15H16FN7O/c1-8-6-11(4-5-12(8)16)15-20-22-23(21-15)7-13(24)17-14-9(2)18-19-10(14)3/h4-6H,7H2,1-3H3,(H,17,24)(H,18,19). The van der Waals surface area contributed by atoms with E-state index in [1.54, 1.807) is 26.0 Å². The van der Waals surface area contributed by atoms with Crippen molar-refractivity contribution >= 4 is 11.6 Å². The van der Waals surface area contributed by atoms with Crippen LogP contribution >= 0.6 is 0 Å². The number of H-pyrrole nitrogens is 1. The lowest BCUT2D eigenvalue weighted by atomic mass is 10.1. The number of anilines is 1. The lowest BCUT2D eigenvalue weighted by molar-refractivity contribution is -0.117. The number of aromatic nitrogens is 6. The highest BCUT2D eigenvalue weighted by molar-refractivity contribution is 5.91. The highest BCUT2D eigenvalue weighted by Crippen LogP contribution is 2.18. The zero-order valence-electron chi connectivity index (χ0n) is 13.5. The lowest BCUT2D eigenvalue weighted by Gasteiger charge is -2.04. The van der Waals surface area contributed by atoms with Crippen LogP contribution in [0.25, 0.3) is 11.4 Å². The Balaban J connectivity index is 1.71. The normalized spacial score (nSPS) is 10.8. The number of aryl methyl sites for hydroxylation is 3. The second-order valence-corrected chi connectivity index (χ2v) is 5.46. The average molecular weight is 329 g/mol. The van der Waals surface area contributed by atoms with E-state index in [2.05, 4.69) is 30.9 Å². The highest BCUT2D eigenvalue weighted by Gasteiger charge is 2.13. The first-order valence-electron chi connectivity index (χ1n) is 7.30. The van der Waals surface area contributed by atoms with Crippen molar-refractivity contribution in [2.45, 2.75) is 27.3 Å². The summed E-state index contributed by atoms with van der Waals surface area (Å²) in [6, 6.07) is 4.55. The number of halogens is 1. The van der Waals surface area contributed by atoms with E-state index < -0.39 is 0 Å². The molecule has 8 nitrogen and oxygen atoms in total. The van der Waals surface area contributed by atoms with Crippen LogP contribution in [0.5, 0.6) is 0 Å². The van der Waals surface area contributed by atoms with Crippen LogP contribution in [0, 0.1) is 26.6 Å². The molecule has 1 aromatic carbocycles. The summed E-state index contributed by atoms with van der Waals surface area (Å²) in [6.45, 7) is 5.18. The van der Waals surface area contributed by atoms with Crippen LogP contribution in [0.2, 0.25) is 0 Å². The van der Waals surface area contributed by atoms with Gasteiger partial charge in [-0.2, -0.15) is 9.90 Å². The third-order valence-electron chi connectivity index (χ3n) is 3.55.